The number of carbonyl (C=O) groups is 1. The lowest BCUT2D eigenvalue weighted by atomic mass is 10.0. The number of nitriles is 1. The molecule has 2 aromatic heterocycles. The second kappa shape index (κ2) is 9.25. The number of hydrogen-bond donors (Lipinski definition) is 3. The highest BCUT2D eigenvalue weighted by Gasteiger charge is 2.32. The zero-order chi connectivity index (χ0) is 20.8. The van der Waals surface area contributed by atoms with E-state index in [1.807, 2.05) is 0 Å². The molecule has 1 aliphatic heterocycles. The molecule has 0 saturated heterocycles. The third kappa shape index (κ3) is 4.41. The van der Waals surface area contributed by atoms with Crippen molar-refractivity contribution in [3.63, 3.8) is 0 Å². The van der Waals surface area contributed by atoms with Crippen molar-refractivity contribution < 1.29 is 14.6 Å². The minimum Gasteiger partial charge on any atom is -0.489 e. The number of fused-ring (bicyclic) bond motifs is 1. The van der Waals surface area contributed by atoms with Gasteiger partial charge in [-0.25, -0.2) is 4.68 Å². The molecule has 29 heavy (non-hydrogen) atoms. The largest absolute Gasteiger partial charge is 0.489 e. The van der Waals surface area contributed by atoms with Crippen molar-refractivity contribution in [3.05, 3.63) is 24.0 Å². The smallest absolute Gasteiger partial charge is 0.263 e. The van der Waals surface area contributed by atoms with Gasteiger partial charge in [-0.15, -0.1) is 0 Å². The first-order chi connectivity index (χ1) is 14.1. The summed E-state index contributed by atoms with van der Waals surface area (Å²) in [5.74, 6) is 0.925. The summed E-state index contributed by atoms with van der Waals surface area (Å²) in [7, 11) is 0. The summed E-state index contributed by atoms with van der Waals surface area (Å²) in [6.45, 7) is 3.95. The molecule has 0 fully saturated rings. The molecule has 0 saturated carbocycles. The number of anilines is 3. The Morgan fingerprint density at radius 1 is 1.52 bits per heavy atom. The van der Waals surface area contributed by atoms with Crippen molar-refractivity contribution in [2.24, 2.45) is 5.92 Å². The molecule has 4 N–H and O–H groups in total. The van der Waals surface area contributed by atoms with E-state index in [9.17, 15) is 4.79 Å². The summed E-state index contributed by atoms with van der Waals surface area (Å²) in [6.07, 6.45) is 4.32. The number of nitrogens with two attached hydrogens (primary N) is 1. The van der Waals surface area contributed by atoms with Crippen LogP contribution in [0.25, 0.3) is 0 Å². The maximum atomic E-state index is 13.1. The minimum atomic E-state index is -0.412. The van der Waals surface area contributed by atoms with Crippen LogP contribution in [0.3, 0.4) is 0 Å². The van der Waals surface area contributed by atoms with Gasteiger partial charge >= 0.3 is 0 Å². The van der Waals surface area contributed by atoms with Crippen LogP contribution in [0, 0.1) is 17.2 Å². The van der Waals surface area contributed by atoms with Gasteiger partial charge in [-0.3, -0.25) is 9.78 Å². The van der Waals surface area contributed by atoms with E-state index in [2.05, 4.69) is 33.3 Å². The van der Waals surface area contributed by atoms with Gasteiger partial charge in [0, 0.05) is 44.2 Å². The van der Waals surface area contributed by atoms with Gasteiger partial charge in [0.15, 0.2) is 5.82 Å². The number of ether oxygens (including phenoxy) is 1. The van der Waals surface area contributed by atoms with Gasteiger partial charge in [0.2, 0.25) is 0 Å². The number of aliphatic hydroxyl groups is 1. The Morgan fingerprint density at radius 3 is 3.07 bits per heavy atom. The topological polar surface area (TPSA) is 142 Å². The first-order valence-electron chi connectivity index (χ1n) is 9.56. The molecular weight excluding hydrogens is 374 g/mol. The van der Waals surface area contributed by atoms with Crippen LogP contribution >= 0.6 is 0 Å². The molecular formula is C19H25N7O3. The first kappa shape index (κ1) is 20.4. The number of nitrogen functional groups attached to an aromatic ring is 1. The third-order valence-electron chi connectivity index (χ3n) is 4.64. The molecule has 0 spiro atoms. The second-order valence-corrected chi connectivity index (χ2v) is 6.84. The zero-order valence-electron chi connectivity index (χ0n) is 16.3. The molecule has 10 heteroatoms. The molecule has 0 bridgehead atoms. The van der Waals surface area contributed by atoms with Crippen molar-refractivity contribution in [2.75, 3.05) is 42.3 Å². The summed E-state index contributed by atoms with van der Waals surface area (Å²) in [6, 6.07) is 3.82. The van der Waals surface area contributed by atoms with E-state index < -0.39 is 5.91 Å². The first-order valence-corrected chi connectivity index (χ1v) is 9.56. The monoisotopic (exact) mass is 399 g/mol. The summed E-state index contributed by atoms with van der Waals surface area (Å²) >= 11 is 0. The van der Waals surface area contributed by atoms with Gasteiger partial charge < -0.3 is 25.8 Å². The number of hydrogen-bond acceptors (Lipinski definition) is 8. The Kier molecular flexibility index (Phi) is 6.51. The van der Waals surface area contributed by atoms with Gasteiger partial charge in [0.05, 0.1) is 18.9 Å². The van der Waals surface area contributed by atoms with Crippen molar-refractivity contribution in [2.45, 2.75) is 26.3 Å². The van der Waals surface area contributed by atoms with E-state index in [1.165, 1.54) is 12.4 Å². The number of nitrogens with one attached hydrogen (secondary N) is 1. The predicted octanol–water partition coefficient (Wildman–Crippen LogP) is 1.24. The van der Waals surface area contributed by atoms with Crippen LogP contribution in [0.1, 0.15) is 30.1 Å². The average molecular weight is 399 g/mol. The molecule has 1 unspecified atom stereocenters. The maximum Gasteiger partial charge on any atom is 0.263 e. The third-order valence-corrected chi connectivity index (χ3v) is 4.64. The van der Waals surface area contributed by atoms with Gasteiger partial charge in [0.1, 0.15) is 29.4 Å². The van der Waals surface area contributed by atoms with Gasteiger partial charge in [-0.2, -0.15) is 10.4 Å². The Hall–Kier alpha value is -3.32. The maximum absolute atomic E-state index is 13.1. The van der Waals surface area contributed by atoms with Crippen molar-refractivity contribution >= 4 is 23.2 Å². The van der Waals surface area contributed by atoms with E-state index in [0.29, 0.717) is 42.3 Å². The average Bonchev–Trinajstić information content (AvgIpc) is 3.04. The van der Waals surface area contributed by atoms with Crippen LogP contribution in [-0.2, 0) is 6.54 Å². The Bertz CT molecular complexity index is 906. The molecule has 2 aromatic rings. The standard InChI is InChI=1S/C19H25N7O3/c1-2-7-25-11-13(3-5-20)12-26-19(25)16(17(21)24-26)18(28)23-14-10-22-6-4-15(14)29-9-8-27/h4,6,10,13,27H,2-3,7-9,11-12H2,1H3,(H2,21,24)(H,23,28). The highest BCUT2D eigenvalue weighted by molar-refractivity contribution is 6.11. The van der Waals surface area contributed by atoms with E-state index in [4.69, 9.17) is 20.8 Å². The number of nitrogens with zero attached hydrogens (tertiary/aromatic N) is 5. The predicted molar refractivity (Wildman–Crippen MR) is 108 cm³/mol. The van der Waals surface area contributed by atoms with Gasteiger partial charge in [0.25, 0.3) is 5.91 Å². The highest BCUT2D eigenvalue weighted by atomic mass is 16.5. The summed E-state index contributed by atoms with van der Waals surface area (Å²) in [4.78, 5) is 19.2. The second-order valence-electron chi connectivity index (χ2n) is 6.84. The number of carbonyl (C=O) groups excluding carboxylic acids is 1. The summed E-state index contributed by atoms with van der Waals surface area (Å²) in [5, 5.41) is 25.2. The van der Waals surface area contributed by atoms with Crippen LogP contribution in [0.4, 0.5) is 17.3 Å². The summed E-state index contributed by atoms with van der Waals surface area (Å²) in [5.41, 5.74) is 6.78. The fourth-order valence-corrected chi connectivity index (χ4v) is 3.51. The molecule has 10 nitrogen and oxygen atoms in total. The van der Waals surface area contributed by atoms with Crippen LogP contribution < -0.4 is 20.7 Å². The fraction of sp³-hybridized carbons (Fsp3) is 0.474. The van der Waals surface area contributed by atoms with Crippen LogP contribution in [-0.4, -0.2) is 52.1 Å². The van der Waals surface area contributed by atoms with Gasteiger partial charge in [-0.1, -0.05) is 6.92 Å². The molecule has 1 atom stereocenters. The lowest BCUT2D eigenvalue weighted by Crippen LogP contribution is -2.39. The quantitative estimate of drug-likeness (QED) is 0.602. The Labute approximate surface area is 168 Å². The van der Waals surface area contributed by atoms with Crippen molar-refractivity contribution in [1.29, 1.82) is 5.26 Å². The molecule has 0 aliphatic carbocycles. The van der Waals surface area contributed by atoms with Crippen molar-refractivity contribution in [1.82, 2.24) is 14.8 Å². The molecule has 154 valence electrons. The SMILES string of the molecule is CCCN1CC(CC#N)Cn2nc(N)c(C(=O)Nc3cnccc3OCCO)c21. The number of amides is 1. The molecule has 1 amide bonds. The van der Waals surface area contributed by atoms with Crippen LogP contribution in [0.2, 0.25) is 0 Å². The number of pyridine rings is 1. The van der Waals surface area contributed by atoms with Crippen LogP contribution in [0.15, 0.2) is 18.5 Å². The number of rotatable bonds is 8. The molecule has 1 aliphatic rings. The zero-order valence-corrected chi connectivity index (χ0v) is 16.3. The molecule has 3 rings (SSSR count). The lowest BCUT2D eigenvalue weighted by molar-refractivity contribution is 0.102. The van der Waals surface area contributed by atoms with E-state index in [-0.39, 0.29) is 24.9 Å². The number of aliphatic hydroxyl groups excluding tert-OH is 1. The molecule has 3 heterocycles. The van der Waals surface area contributed by atoms with Crippen LogP contribution in [0.5, 0.6) is 5.75 Å². The van der Waals surface area contributed by atoms with E-state index in [1.54, 1.807) is 10.7 Å². The molecule has 0 radical (unpaired) electrons. The Balaban J connectivity index is 1.91. The Morgan fingerprint density at radius 2 is 2.34 bits per heavy atom. The van der Waals surface area contributed by atoms with Crippen molar-refractivity contribution in [3.8, 4) is 11.8 Å². The van der Waals surface area contributed by atoms with E-state index >= 15 is 0 Å². The fourth-order valence-electron chi connectivity index (χ4n) is 3.51. The minimum absolute atomic E-state index is 0.1000. The van der Waals surface area contributed by atoms with Gasteiger partial charge in [-0.05, 0) is 6.42 Å². The highest BCUT2D eigenvalue weighted by Crippen LogP contribution is 2.33. The number of aromatic nitrogens is 3. The molecule has 0 aromatic carbocycles. The normalized spacial score (nSPS) is 15.5. The lowest BCUT2D eigenvalue weighted by Gasteiger charge is -2.34. The van der Waals surface area contributed by atoms with E-state index in [0.717, 1.165) is 13.0 Å². The summed E-state index contributed by atoms with van der Waals surface area (Å²) < 4.78 is 7.17.